The number of benzene rings is 2. The average Bonchev–Trinajstić information content (AvgIpc) is 2.67. The third-order valence-corrected chi connectivity index (χ3v) is 4.72. The van der Waals surface area contributed by atoms with Gasteiger partial charge in [0.25, 0.3) is 0 Å². The standard InChI is InChI=1S/C20H24.C2H6.CH5O2P/c1-16-12-14-19(15-13-16)20(17-8-4-2-5-9-17)18-10-6-3-7-11-18;1-2;1-4(2)3/h2,4-5,8-9,12-15,18,20H,3,6-7,10-11H2,1H3;1-2H3;2-3H,1H3. The van der Waals surface area contributed by atoms with E-state index in [2.05, 4.69) is 61.5 Å². The fourth-order valence-corrected chi connectivity index (χ4v) is 3.64. The van der Waals surface area contributed by atoms with Gasteiger partial charge in [-0.05, 0) is 36.8 Å². The number of hydrogen-bond donors (Lipinski definition) is 2. The molecule has 1 aliphatic rings. The van der Waals surface area contributed by atoms with Crippen LogP contribution in [0, 0.1) is 12.8 Å². The van der Waals surface area contributed by atoms with Gasteiger partial charge in [0, 0.05) is 12.6 Å². The van der Waals surface area contributed by atoms with E-state index in [-0.39, 0.29) is 0 Å². The molecular weight excluding hydrogens is 339 g/mol. The van der Waals surface area contributed by atoms with E-state index in [1.165, 1.54) is 55.5 Å². The molecule has 1 aliphatic carbocycles. The van der Waals surface area contributed by atoms with Gasteiger partial charge in [-0.2, -0.15) is 0 Å². The lowest BCUT2D eigenvalue weighted by Crippen LogP contribution is -2.17. The summed E-state index contributed by atoms with van der Waals surface area (Å²) in [5.74, 6) is 1.39. The third-order valence-electron chi connectivity index (χ3n) is 4.72. The minimum absolute atomic E-state index is 0.581. The molecule has 2 aromatic rings. The van der Waals surface area contributed by atoms with E-state index in [4.69, 9.17) is 9.79 Å². The summed E-state index contributed by atoms with van der Waals surface area (Å²) in [6.45, 7) is 7.51. The summed E-state index contributed by atoms with van der Waals surface area (Å²) in [6.07, 6.45) is 6.99. The van der Waals surface area contributed by atoms with E-state index >= 15 is 0 Å². The molecule has 3 heteroatoms. The number of aryl methyl sites for hydroxylation is 1. The lowest BCUT2D eigenvalue weighted by molar-refractivity contribution is 0.327. The highest BCUT2D eigenvalue weighted by Crippen LogP contribution is 2.40. The van der Waals surface area contributed by atoms with Crippen LogP contribution >= 0.6 is 8.38 Å². The predicted octanol–water partition coefficient (Wildman–Crippen LogP) is 6.65. The van der Waals surface area contributed by atoms with E-state index in [1.807, 2.05) is 13.8 Å². The molecule has 0 amide bonds. The second-order valence-corrected chi connectivity index (χ2v) is 7.67. The van der Waals surface area contributed by atoms with Gasteiger partial charge in [0.05, 0.1) is 0 Å². The molecule has 26 heavy (non-hydrogen) atoms. The van der Waals surface area contributed by atoms with Gasteiger partial charge in [-0.25, -0.2) is 0 Å². The van der Waals surface area contributed by atoms with Gasteiger partial charge in [-0.1, -0.05) is 93.3 Å². The molecule has 0 spiro atoms. The highest BCUT2D eigenvalue weighted by atomic mass is 31.2. The summed E-state index contributed by atoms with van der Waals surface area (Å²) in [6, 6.07) is 20.3. The van der Waals surface area contributed by atoms with E-state index in [0.717, 1.165) is 5.92 Å². The van der Waals surface area contributed by atoms with Gasteiger partial charge >= 0.3 is 0 Å². The summed E-state index contributed by atoms with van der Waals surface area (Å²) in [7, 11) is -1.62. The van der Waals surface area contributed by atoms with Gasteiger partial charge in [0.2, 0.25) is 0 Å². The maximum Gasteiger partial charge on any atom is 0.161 e. The molecule has 0 radical (unpaired) electrons. The molecule has 3 rings (SSSR count). The first-order valence-corrected chi connectivity index (χ1v) is 11.5. The van der Waals surface area contributed by atoms with Crippen LogP contribution in [0.15, 0.2) is 54.6 Å². The van der Waals surface area contributed by atoms with Crippen molar-refractivity contribution in [2.75, 3.05) is 6.66 Å². The molecule has 1 fully saturated rings. The Labute approximate surface area is 161 Å². The molecule has 0 aromatic heterocycles. The normalized spacial score (nSPS) is 15.3. The zero-order valence-electron chi connectivity index (χ0n) is 16.7. The Morgan fingerprint density at radius 3 is 1.77 bits per heavy atom. The van der Waals surface area contributed by atoms with E-state index in [9.17, 15) is 0 Å². The second kappa shape index (κ2) is 13.0. The molecule has 0 heterocycles. The van der Waals surface area contributed by atoms with Crippen LogP contribution in [0.4, 0.5) is 0 Å². The van der Waals surface area contributed by atoms with Gasteiger partial charge in [-0.3, -0.25) is 0 Å². The van der Waals surface area contributed by atoms with E-state index < -0.39 is 8.38 Å². The molecule has 0 saturated heterocycles. The molecule has 1 saturated carbocycles. The van der Waals surface area contributed by atoms with Crippen molar-refractivity contribution in [3.63, 3.8) is 0 Å². The topological polar surface area (TPSA) is 40.5 Å². The van der Waals surface area contributed by atoms with Gasteiger partial charge in [0.15, 0.2) is 8.38 Å². The van der Waals surface area contributed by atoms with Crippen LogP contribution in [0.2, 0.25) is 0 Å². The molecule has 0 bridgehead atoms. The minimum atomic E-state index is -1.62. The van der Waals surface area contributed by atoms with Crippen LogP contribution in [0.1, 0.15) is 68.6 Å². The Bertz CT molecular complexity index is 572. The summed E-state index contributed by atoms with van der Waals surface area (Å²) >= 11 is 0. The fraction of sp³-hybridized carbons (Fsp3) is 0.478. The Hall–Kier alpha value is -1.21. The molecule has 2 nitrogen and oxygen atoms in total. The molecule has 1 unspecified atom stereocenters. The molecule has 1 atom stereocenters. The Morgan fingerprint density at radius 1 is 0.808 bits per heavy atom. The Balaban J connectivity index is 0.000000500. The molecule has 0 aliphatic heterocycles. The van der Waals surface area contributed by atoms with Crippen LogP contribution in [0.5, 0.6) is 0 Å². The van der Waals surface area contributed by atoms with Gasteiger partial charge in [0.1, 0.15) is 0 Å². The zero-order valence-corrected chi connectivity index (χ0v) is 17.6. The van der Waals surface area contributed by atoms with Crippen molar-refractivity contribution in [2.45, 2.75) is 58.8 Å². The van der Waals surface area contributed by atoms with Crippen LogP contribution in [-0.4, -0.2) is 16.5 Å². The first-order chi connectivity index (χ1) is 12.6. The van der Waals surface area contributed by atoms with Crippen molar-refractivity contribution in [3.8, 4) is 0 Å². The predicted molar refractivity (Wildman–Crippen MR) is 115 cm³/mol. The summed E-state index contributed by atoms with van der Waals surface area (Å²) < 4.78 is 0. The molecule has 144 valence electrons. The quantitative estimate of drug-likeness (QED) is 0.591. The Kier molecular flexibility index (Phi) is 11.4. The Morgan fingerprint density at radius 2 is 1.27 bits per heavy atom. The van der Waals surface area contributed by atoms with E-state index in [1.54, 1.807) is 0 Å². The van der Waals surface area contributed by atoms with Crippen molar-refractivity contribution in [1.82, 2.24) is 0 Å². The highest BCUT2D eigenvalue weighted by Gasteiger charge is 2.26. The van der Waals surface area contributed by atoms with Crippen LogP contribution in [0.25, 0.3) is 0 Å². The third kappa shape index (κ3) is 7.99. The molecule has 2 N–H and O–H groups in total. The summed E-state index contributed by atoms with van der Waals surface area (Å²) in [5.41, 5.74) is 4.33. The second-order valence-electron chi connectivity index (χ2n) is 6.69. The first kappa shape index (κ1) is 22.8. The summed E-state index contributed by atoms with van der Waals surface area (Å²) in [4.78, 5) is 15.4. The van der Waals surface area contributed by atoms with Crippen LogP contribution < -0.4 is 0 Å². The lowest BCUT2D eigenvalue weighted by Gasteiger charge is -2.31. The molecule has 2 aromatic carbocycles. The zero-order chi connectivity index (χ0) is 19.4. The maximum absolute atomic E-state index is 7.68. The minimum Gasteiger partial charge on any atom is -0.350 e. The summed E-state index contributed by atoms with van der Waals surface area (Å²) in [5, 5.41) is 0. The van der Waals surface area contributed by atoms with Crippen LogP contribution in [-0.2, 0) is 0 Å². The van der Waals surface area contributed by atoms with Crippen molar-refractivity contribution < 1.29 is 9.79 Å². The van der Waals surface area contributed by atoms with Crippen LogP contribution in [0.3, 0.4) is 0 Å². The van der Waals surface area contributed by atoms with Crippen molar-refractivity contribution in [1.29, 1.82) is 0 Å². The largest absolute Gasteiger partial charge is 0.350 e. The van der Waals surface area contributed by atoms with Gasteiger partial charge < -0.3 is 9.79 Å². The van der Waals surface area contributed by atoms with Crippen molar-refractivity contribution in [2.24, 2.45) is 5.92 Å². The highest BCUT2D eigenvalue weighted by molar-refractivity contribution is 7.44. The van der Waals surface area contributed by atoms with Gasteiger partial charge in [-0.15, -0.1) is 0 Å². The lowest BCUT2D eigenvalue weighted by atomic mass is 9.73. The average molecular weight is 375 g/mol. The smallest absolute Gasteiger partial charge is 0.161 e. The van der Waals surface area contributed by atoms with Crippen molar-refractivity contribution in [3.05, 3.63) is 71.3 Å². The fourth-order valence-electron chi connectivity index (χ4n) is 3.64. The number of rotatable bonds is 3. The monoisotopic (exact) mass is 374 g/mol. The number of hydrogen-bond acceptors (Lipinski definition) is 2. The maximum atomic E-state index is 7.68. The van der Waals surface area contributed by atoms with E-state index in [0.29, 0.717) is 5.92 Å². The molecular formula is C23H35O2P. The SMILES string of the molecule is CC.CP(O)O.Cc1ccc(C(c2ccccc2)C2CCCCC2)cc1. The first-order valence-electron chi connectivity index (χ1n) is 9.81. The van der Waals surface area contributed by atoms with Crippen molar-refractivity contribution >= 4 is 8.38 Å².